The highest BCUT2D eigenvalue weighted by Gasteiger charge is 2.59. The number of carbonyl (C=O) groups excluding carboxylic acids is 2. The van der Waals surface area contributed by atoms with Crippen molar-refractivity contribution < 1.29 is 19.1 Å². The topological polar surface area (TPSA) is 52.6 Å². The summed E-state index contributed by atoms with van der Waals surface area (Å²) in [6.45, 7) is 20.1. The average Bonchev–Trinajstić information content (AvgIpc) is 3.73. The van der Waals surface area contributed by atoms with E-state index < -0.39 is 0 Å². The number of hydrogen-bond acceptors (Lipinski definition) is 4. The maximum absolute atomic E-state index is 11.6. The zero-order chi connectivity index (χ0) is 40.2. The van der Waals surface area contributed by atoms with Gasteiger partial charge >= 0.3 is 11.9 Å². The van der Waals surface area contributed by atoms with E-state index in [2.05, 4.69) is 67.5 Å². The molecule has 0 aliphatic heterocycles. The minimum Gasteiger partial charge on any atom is -0.469 e. The molecule has 0 bridgehead atoms. The summed E-state index contributed by atoms with van der Waals surface area (Å²) in [5, 5.41) is 0. The highest BCUT2D eigenvalue weighted by Crippen LogP contribution is 2.68. The summed E-state index contributed by atoms with van der Waals surface area (Å²) in [6.07, 6.45) is 31.0. The minimum absolute atomic E-state index is 0.0462. The second-order valence-corrected chi connectivity index (χ2v) is 22.9. The molecule has 8 aliphatic carbocycles. The number of carbonyl (C=O) groups is 2. The van der Waals surface area contributed by atoms with E-state index in [4.69, 9.17) is 9.47 Å². The van der Waals surface area contributed by atoms with E-state index >= 15 is 0 Å². The van der Waals surface area contributed by atoms with Crippen molar-refractivity contribution in [1.29, 1.82) is 0 Å². The van der Waals surface area contributed by atoms with E-state index in [1.54, 1.807) is 0 Å². The fourth-order valence-electron chi connectivity index (χ4n) is 16.7. The quantitative estimate of drug-likeness (QED) is 0.182. The first-order chi connectivity index (χ1) is 26.6. The monoisotopic (exact) mass is 773 g/mol. The molecular weight excluding hydrogens is 689 g/mol. The first-order valence-corrected chi connectivity index (χ1v) is 24.1. The molecule has 0 amide bonds. The van der Waals surface area contributed by atoms with E-state index in [0.717, 1.165) is 72.0 Å². The number of rotatable bonds is 8. The third-order valence-electron chi connectivity index (χ3n) is 20.2. The molecule has 0 radical (unpaired) electrons. The first-order valence-electron chi connectivity index (χ1n) is 24.1. The Bertz CT molecular complexity index is 1380. The lowest BCUT2D eigenvalue weighted by Gasteiger charge is -2.57. The van der Waals surface area contributed by atoms with E-state index in [-0.39, 0.29) is 11.9 Å². The Balaban J connectivity index is 0.000000172. The van der Waals surface area contributed by atoms with E-state index in [0.29, 0.717) is 46.3 Å². The molecule has 0 aromatic rings. The molecule has 6 fully saturated rings. The van der Waals surface area contributed by atoms with Crippen molar-refractivity contribution in [2.75, 3.05) is 14.2 Å². The highest BCUT2D eigenvalue weighted by molar-refractivity contribution is 5.69. The van der Waals surface area contributed by atoms with Crippen LogP contribution in [-0.2, 0) is 19.1 Å². The van der Waals surface area contributed by atoms with Gasteiger partial charge in [-0.2, -0.15) is 0 Å². The maximum Gasteiger partial charge on any atom is 0.305 e. The second kappa shape index (κ2) is 16.5. The smallest absolute Gasteiger partial charge is 0.305 e. The molecule has 16 atom stereocenters. The van der Waals surface area contributed by atoms with Crippen LogP contribution in [-0.4, -0.2) is 26.2 Å². The van der Waals surface area contributed by atoms with Crippen LogP contribution in [0.5, 0.6) is 0 Å². The van der Waals surface area contributed by atoms with Gasteiger partial charge in [0.2, 0.25) is 0 Å². The largest absolute Gasteiger partial charge is 0.469 e. The van der Waals surface area contributed by atoms with Gasteiger partial charge in [-0.3, -0.25) is 9.59 Å². The van der Waals surface area contributed by atoms with Gasteiger partial charge in [0.25, 0.3) is 0 Å². The van der Waals surface area contributed by atoms with Crippen LogP contribution in [0.2, 0.25) is 0 Å². The predicted molar refractivity (Wildman–Crippen MR) is 230 cm³/mol. The van der Waals surface area contributed by atoms with Crippen molar-refractivity contribution in [2.45, 2.75) is 184 Å². The third kappa shape index (κ3) is 7.45. The number of ether oxygens (including phenoxy) is 2. The van der Waals surface area contributed by atoms with Crippen molar-refractivity contribution in [3.63, 3.8) is 0 Å². The molecule has 0 N–H and O–H groups in total. The van der Waals surface area contributed by atoms with Crippen molar-refractivity contribution in [1.82, 2.24) is 0 Å². The van der Waals surface area contributed by atoms with Gasteiger partial charge in [0.1, 0.15) is 0 Å². The number of esters is 2. The van der Waals surface area contributed by atoms with Crippen LogP contribution in [0.4, 0.5) is 0 Å². The first kappa shape index (κ1) is 42.5. The maximum atomic E-state index is 11.6. The number of fused-ring (bicyclic) bond motifs is 10. The molecule has 56 heavy (non-hydrogen) atoms. The third-order valence-corrected chi connectivity index (χ3v) is 20.2. The van der Waals surface area contributed by atoms with E-state index in [1.165, 1.54) is 117 Å². The lowest BCUT2D eigenvalue weighted by Crippen LogP contribution is -2.48. The zero-order valence-electron chi connectivity index (χ0n) is 37.9. The summed E-state index contributed by atoms with van der Waals surface area (Å²) in [5.41, 5.74) is 5.61. The number of allylic oxidation sites excluding steroid dienone is 4. The molecule has 0 spiro atoms. The van der Waals surface area contributed by atoms with E-state index in [1.807, 2.05) is 11.1 Å². The Morgan fingerprint density at radius 1 is 0.607 bits per heavy atom. The van der Waals surface area contributed by atoms with Crippen LogP contribution in [0, 0.1) is 92.7 Å². The lowest BCUT2D eigenvalue weighted by atomic mass is 9.48. The molecule has 0 aromatic carbocycles. The highest BCUT2D eigenvalue weighted by atomic mass is 16.5. The zero-order valence-corrected chi connectivity index (χ0v) is 37.9. The fraction of sp³-hybridized carbons (Fsp3) is 0.885. The summed E-state index contributed by atoms with van der Waals surface area (Å²) in [7, 11) is 3.02. The van der Waals surface area contributed by atoms with E-state index in [9.17, 15) is 9.59 Å². The summed E-state index contributed by atoms with van der Waals surface area (Å²) in [4.78, 5) is 23.3. The molecule has 4 nitrogen and oxygen atoms in total. The van der Waals surface area contributed by atoms with Crippen molar-refractivity contribution in [3.05, 3.63) is 23.3 Å². The summed E-state index contributed by atoms with van der Waals surface area (Å²) in [6, 6.07) is 0. The van der Waals surface area contributed by atoms with Gasteiger partial charge in [-0.15, -0.1) is 0 Å². The SMILES string of the molecule is COC(=O)CC[C@@H](C)C1CCC2C3CC[C@@H]4C[C@H](C)CC[C@]4(C)C3=CC[C@@]21C.COC(=O)CC[C@@H](C)C1CCC2C3CC[C@@H]4C[C@H](C)CC[C@]4(C)C3=CC[C@@]21C. The normalized spacial score (nSPS) is 46.0. The second-order valence-electron chi connectivity index (χ2n) is 22.9. The molecule has 6 saturated carbocycles. The van der Waals surface area contributed by atoms with Crippen LogP contribution in [0.3, 0.4) is 0 Å². The Morgan fingerprint density at radius 2 is 1.00 bits per heavy atom. The standard InChI is InChI=1S/2C26H42O2/c2*1-17-12-14-25(3)19(16-17)7-8-20-22-10-9-21(18(2)6-11-24(27)28-5)26(22,4)15-13-23(20)25/h2*13,17-22H,6-12,14-16H2,1-5H3/t2*17-,18-,19-,20?,21?,22?,25+,26-/m11/s1. The van der Waals surface area contributed by atoms with Gasteiger partial charge in [-0.25, -0.2) is 0 Å². The summed E-state index contributed by atoms with van der Waals surface area (Å²) in [5.74, 6) is 9.80. The molecule has 316 valence electrons. The lowest BCUT2D eigenvalue weighted by molar-refractivity contribution is -0.142. The number of hydrogen-bond donors (Lipinski definition) is 0. The Labute approximate surface area is 343 Å². The van der Waals surface area contributed by atoms with Gasteiger partial charge in [0, 0.05) is 12.8 Å². The van der Waals surface area contributed by atoms with Gasteiger partial charge in [-0.1, -0.05) is 78.7 Å². The average molecular weight is 773 g/mol. The predicted octanol–water partition coefficient (Wildman–Crippen LogP) is 13.6. The molecule has 8 rings (SSSR count). The molecule has 0 heterocycles. The Morgan fingerprint density at radius 3 is 1.38 bits per heavy atom. The summed E-state index contributed by atoms with van der Waals surface area (Å²) < 4.78 is 9.77. The fourth-order valence-corrected chi connectivity index (χ4v) is 16.7. The molecular formula is C52H84O4. The van der Waals surface area contributed by atoms with Crippen molar-refractivity contribution in [3.8, 4) is 0 Å². The molecule has 0 aromatic heterocycles. The molecule has 0 saturated heterocycles. The van der Waals surface area contributed by atoms with Gasteiger partial charge in [0.05, 0.1) is 14.2 Å². The number of methoxy groups -OCH3 is 2. The Hall–Kier alpha value is -1.58. The Kier molecular flexibility index (Phi) is 12.5. The minimum atomic E-state index is -0.0462. The van der Waals surface area contributed by atoms with Gasteiger partial charge in [-0.05, 0) is 208 Å². The van der Waals surface area contributed by atoms with Crippen LogP contribution in [0.25, 0.3) is 0 Å². The summed E-state index contributed by atoms with van der Waals surface area (Å²) >= 11 is 0. The van der Waals surface area contributed by atoms with Crippen molar-refractivity contribution in [2.24, 2.45) is 92.7 Å². The van der Waals surface area contributed by atoms with Crippen molar-refractivity contribution >= 4 is 11.9 Å². The van der Waals surface area contributed by atoms with Crippen LogP contribution in [0.1, 0.15) is 184 Å². The van der Waals surface area contributed by atoms with Crippen LogP contribution >= 0.6 is 0 Å². The molecule has 6 unspecified atom stereocenters. The van der Waals surface area contributed by atoms with Crippen LogP contribution < -0.4 is 0 Å². The molecule has 8 aliphatic rings. The van der Waals surface area contributed by atoms with Gasteiger partial charge in [0.15, 0.2) is 0 Å². The van der Waals surface area contributed by atoms with Crippen LogP contribution in [0.15, 0.2) is 23.3 Å². The van der Waals surface area contributed by atoms with Gasteiger partial charge < -0.3 is 9.47 Å². The molecule has 4 heteroatoms.